The lowest BCUT2D eigenvalue weighted by molar-refractivity contribution is 0.669. The van der Waals surface area contributed by atoms with Gasteiger partial charge in [0, 0.05) is 10.8 Å². The van der Waals surface area contributed by atoms with Crippen LogP contribution < -0.4 is 0 Å². The van der Waals surface area contributed by atoms with Crippen molar-refractivity contribution in [3.8, 4) is 33.4 Å². The molecule has 0 amide bonds. The van der Waals surface area contributed by atoms with E-state index < -0.39 is 24.2 Å². The molecule has 0 unspecified atom stereocenters. The standard InChI is InChI=1S/C46H28O/c1-2-11-34-30(10-1)22-23-31-24-27-33(28-41(31)34)29-20-25-32(26-21-29)44-35-12-3-5-14-37(35)45(38-15-6-4-13-36(38)44)40-17-9-19-43-46(40)39-16-7-8-18-42(39)47-43/h1-28H/i3D,4D,5D,6D,12D,13D,14D,15D. The first-order valence-electron chi connectivity index (χ1n) is 19.5. The van der Waals surface area contributed by atoms with Gasteiger partial charge in [-0.3, -0.25) is 0 Å². The zero-order valence-corrected chi connectivity index (χ0v) is 25.0. The van der Waals surface area contributed by atoms with Crippen LogP contribution in [-0.2, 0) is 0 Å². The molecule has 0 spiro atoms. The van der Waals surface area contributed by atoms with Crippen molar-refractivity contribution in [1.29, 1.82) is 0 Å². The summed E-state index contributed by atoms with van der Waals surface area (Å²) in [5.74, 6) is 0. The molecule has 0 bridgehead atoms. The Balaban J connectivity index is 1.32. The quantitative estimate of drug-likeness (QED) is 0.144. The average Bonchev–Trinajstić information content (AvgIpc) is 3.61. The van der Waals surface area contributed by atoms with Gasteiger partial charge in [0.05, 0.1) is 11.0 Å². The monoisotopic (exact) mass is 604 g/mol. The predicted octanol–water partition coefficient (Wildman–Crippen LogP) is 13.2. The van der Waals surface area contributed by atoms with Crippen LogP contribution in [0.2, 0.25) is 0 Å². The smallest absolute Gasteiger partial charge is 0.136 e. The molecule has 0 fully saturated rings. The first kappa shape index (κ1) is 19.4. The van der Waals surface area contributed by atoms with Gasteiger partial charge in [0.15, 0.2) is 0 Å². The van der Waals surface area contributed by atoms with Crippen LogP contribution in [-0.4, -0.2) is 0 Å². The van der Waals surface area contributed by atoms with Crippen molar-refractivity contribution in [2.45, 2.75) is 0 Å². The number of furan rings is 1. The van der Waals surface area contributed by atoms with Gasteiger partial charge < -0.3 is 4.42 Å². The summed E-state index contributed by atoms with van der Waals surface area (Å²) in [4.78, 5) is 0. The maximum atomic E-state index is 9.37. The van der Waals surface area contributed by atoms with Gasteiger partial charge >= 0.3 is 0 Å². The fourth-order valence-corrected chi connectivity index (χ4v) is 7.18. The highest BCUT2D eigenvalue weighted by Crippen LogP contribution is 2.47. The minimum atomic E-state index is -0.437. The summed E-state index contributed by atoms with van der Waals surface area (Å²) in [6, 6.07) is 36.5. The highest BCUT2D eigenvalue weighted by molar-refractivity contribution is 6.25. The Morgan fingerprint density at radius 3 is 1.68 bits per heavy atom. The van der Waals surface area contributed by atoms with Gasteiger partial charge in [0.2, 0.25) is 0 Å². The number of hydrogen-bond donors (Lipinski definition) is 0. The fourth-order valence-electron chi connectivity index (χ4n) is 7.18. The molecule has 0 aliphatic carbocycles. The molecule has 10 rings (SSSR count). The molecule has 1 heteroatoms. The first-order chi connectivity index (χ1) is 26.6. The van der Waals surface area contributed by atoms with Crippen molar-refractivity contribution >= 4 is 65.0 Å². The normalized spacial score (nSPS) is 14.2. The van der Waals surface area contributed by atoms with Crippen molar-refractivity contribution in [3.63, 3.8) is 0 Å². The average molecular weight is 605 g/mol. The SMILES string of the molecule is [2H]c1c([2H])c([2H])c2c(-c3cccc4oc5ccccc5c34)c3c([2H])c([2H])c([2H])c([2H])c3c(-c3ccc(-c4ccc5ccc6ccccc6c5c4)cc3)c2c1[2H]. The van der Waals surface area contributed by atoms with Crippen molar-refractivity contribution in [1.82, 2.24) is 0 Å². The molecular weight excluding hydrogens is 569 g/mol. The van der Waals surface area contributed by atoms with Gasteiger partial charge in [-0.25, -0.2) is 0 Å². The third-order valence-electron chi connectivity index (χ3n) is 9.30. The molecular formula is C46H28O. The van der Waals surface area contributed by atoms with Gasteiger partial charge in [-0.2, -0.15) is 0 Å². The van der Waals surface area contributed by atoms with E-state index in [-0.39, 0.29) is 45.7 Å². The number of benzene rings is 9. The second-order valence-corrected chi connectivity index (χ2v) is 11.8. The molecule has 0 aliphatic rings. The van der Waals surface area contributed by atoms with Crippen molar-refractivity contribution in [2.24, 2.45) is 0 Å². The van der Waals surface area contributed by atoms with E-state index in [2.05, 4.69) is 42.5 Å². The van der Waals surface area contributed by atoms with E-state index in [4.69, 9.17) is 9.90 Å². The Hall–Kier alpha value is -6.18. The number of fused-ring (bicyclic) bond motifs is 8. The van der Waals surface area contributed by atoms with Gasteiger partial charge in [-0.1, -0.05) is 151 Å². The van der Waals surface area contributed by atoms with Crippen LogP contribution >= 0.6 is 0 Å². The first-order valence-corrected chi connectivity index (χ1v) is 15.5. The van der Waals surface area contributed by atoms with Gasteiger partial charge in [-0.15, -0.1) is 0 Å². The maximum Gasteiger partial charge on any atom is 0.136 e. The summed E-state index contributed by atoms with van der Waals surface area (Å²) in [5, 5.41) is 6.69. The molecule has 0 atom stereocenters. The van der Waals surface area contributed by atoms with Gasteiger partial charge in [-0.05, 0) is 94.7 Å². The Bertz CT molecular complexity index is 3210. The van der Waals surface area contributed by atoms with Gasteiger partial charge in [0.1, 0.15) is 11.2 Å². The van der Waals surface area contributed by atoms with E-state index in [1.54, 1.807) is 6.07 Å². The molecule has 1 nitrogen and oxygen atoms in total. The number of para-hydroxylation sites is 1. The largest absolute Gasteiger partial charge is 0.456 e. The summed E-state index contributed by atoms with van der Waals surface area (Å²) in [6.07, 6.45) is 0. The summed E-state index contributed by atoms with van der Waals surface area (Å²) in [7, 11) is 0. The molecule has 0 radical (unpaired) electrons. The fraction of sp³-hybridized carbons (Fsp3) is 0. The Morgan fingerprint density at radius 2 is 0.936 bits per heavy atom. The van der Waals surface area contributed by atoms with Crippen LogP contribution in [0.4, 0.5) is 0 Å². The molecule has 0 aliphatic heterocycles. The molecule has 0 N–H and O–H groups in total. The molecule has 1 aromatic heterocycles. The van der Waals surface area contributed by atoms with Crippen molar-refractivity contribution in [3.05, 3.63) is 170 Å². The van der Waals surface area contributed by atoms with E-state index >= 15 is 0 Å². The third-order valence-corrected chi connectivity index (χ3v) is 9.30. The van der Waals surface area contributed by atoms with E-state index in [1.165, 1.54) is 0 Å². The van der Waals surface area contributed by atoms with Crippen LogP contribution in [0.1, 0.15) is 11.0 Å². The van der Waals surface area contributed by atoms with Gasteiger partial charge in [0.25, 0.3) is 0 Å². The highest BCUT2D eigenvalue weighted by Gasteiger charge is 2.20. The van der Waals surface area contributed by atoms with Crippen LogP contribution in [0, 0.1) is 0 Å². The molecule has 218 valence electrons. The number of rotatable bonds is 3. The molecule has 47 heavy (non-hydrogen) atoms. The second kappa shape index (κ2) is 10.2. The Morgan fingerprint density at radius 1 is 0.383 bits per heavy atom. The second-order valence-electron chi connectivity index (χ2n) is 11.8. The minimum Gasteiger partial charge on any atom is -0.456 e. The number of hydrogen-bond acceptors (Lipinski definition) is 1. The van der Waals surface area contributed by atoms with Crippen LogP contribution in [0.3, 0.4) is 0 Å². The van der Waals surface area contributed by atoms with Crippen LogP contribution in [0.15, 0.2) is 174 Å². The molecule has 9 aromatic carbocycles. The Kier molecular flexibility index (Phi) is 4.19. The third kappa shape index (κ3) is 3.97. The van der Waals surface area contributed by atoms with Crippen molar-refractivity contribution in [2.75, 3.05) is 0 Å². The highest BCUT2D eigenvalue weighted by atomic mass is 16.3. The lowest BCUT2D eigenvalue weighted by Gasteiger charge is -2.18. The topological polar surface area (TPSA) is 13.1 Å². The summed E-state index contributed by atoms with van der Waals surface area (Å²) in [6.45, 7) is 0. The summed E-state index contributed by atoms with van der Waals surface area (Å²) in [5.41, 5.74) is 4.78. The molecule has 1 heterocycles. The lowest BCUT2D eigenvalue weighted by Crippen LogP contribution is -1.91. The Labute approximate surface area is 283 Å². The van der Waals surface area contributed by atoms with E-state index in [0.717, 1.165) is 38.1 Å². The molecule has 0 saturated carbocycles. The van der Waals surface area contributed by atoms with Crippen molar-refractivity contribution < 1.29 is 15.4 Å². The molecule has 10 aromatic rings. The summed E-state index contributed by atoms with van der Waals surface area (Å²) >= 11 is 0. The lowest BCUT2D eigenvalue weighted by atomic mass is 9.84. The summed E-state index contributed by atoms with van der Waals surface area (Å²) < 4.78 is 78.9. The maximum absolute atomic E-state index is 9.37. The van der Waals surface area contributed by atoms with E-state index in [9.17, 15) is 5.48 Å². The zero-order chi connectivity index (χ0) is 37.9. The van der Waals surface area contributed by atoms with E-state index in [1.807, 2.05) is 72.8 Å². The van der Waals surface area contributed by atoms with Crippen LogP contribution in [0.25, 0.3) is 98.4 Å². The van der Waals surface area contributed by atoms with E-state index in [0.29, 0.717) is 38.8 Å². The zero-order valence-electron chi connectivity index (χ0n) is 33.0. The minimum absolute atomic E-state index is 0.168. The molecule has 0 saturated heterocycles. The van der Waals surface area contributed by atoms with Crippen LogP contribution in [0.5, 0.6) is 0 Å². The predicted molar refractivity (Wildman–Crippen MR) is 200 cm³/mol.